The maximum absolute atomic E-state index is 11.1. The number of aryl methyl sites for hydroxylation is 1. The molecule has 0 saturated carbocycles. The van der Waals surface area contributed by atoms with Crippen LogP contribution in [0.1, 0.15) is 41.6 Å². The molecule has 0 unspecified atom stereocenters. The third-order valence-electron chi connectivity index (χ3n) is 6.45. The number of rotatable bonds is 8. The first-order valence-electron chi connectivity index (χ1n) is 11.6. The van der Waals surface area contributed by atoms with Crippen molar-refractivity contribution in [3.8, 4) is 11.8 Å². The maximum Gasteiger partial charge on any atom is 0.407 e. The molecule has 8 nitrogen and oxygen atoms in total. The predicted molar refractivity (Wildman–Crippen MR) is 128 cm³/mol. The average Bonchev–Trinajstić information content (AvgIpc) is 3.25. The maximum atomic E-state index is 11.1. The fourth-order valence-corrected chi connectivity index (χ4v) is 4.54. The molecule has 34 heavy (non-hydrogen) atoms. The van der Waals surface area contributed by atoms with Gasteiger partial charge in [0.05, 0.1) is 22.9 Å². The van der Waals surface area contributed by atoms with Crippen molar-refractivity contribution in [3.05, 3.63) is 58.8 Å². The highest BCUT2D eigenvalue weighted by molar-refractivity contribution is 5.84. The molecule has 1 saturated heterocycles. The molecule has 0 radical (unpaired) electrons. The summed E-state index contributed by atoms with van der Waals surface area (Å²) in [4.78, 5) is 14.7. The molecule has 0 aliphatic carbocycles. The topological polar surface area (TPSA) is 103 Å². The van der Waals surface area contributed by atoms with Gasteiger partial charge in [-0.2, -0.15) is 5.26 Å². The second kappa shape index (κ2) is 10.6. The molecular formula is C26H30N4O4. The number of benzene rings is 2. The zero-order chi connectivity index (χ0) is 24.1. The van der Waals surface area contributed by atoms with Gasteiger partial charge in [0.15, 0.2) is 5.58 Å². The van der Waals surface area contributed by atoms with E-state index in [1.54, 1.807) is 6.07 Å². The van der Waals surface area contributed by atoms with Crippen LogP contribution >= 0.6 is 0 Å². The van der Waals surface area contributed by atoms with Crippen LogP contribution in [0.4, 0.5) is 4.79 Å². The van der Waals surface area contributed by atoms with E-state index in [1.165, 1.54) is 4.90 Å². The molecule has 3 aromatic rings. The lowest BCUT2D eigenvalue weighted by Gasteiger charge is -2.29. The van der Waals surface area contributed by atoms with Crippen LogP contribution in [0.3, 0.4) is 0 Å². The normalized spacial score (nSPS) is 14.5. The largest absolute Gasteiger partial charge is 0.488 e. The van der Waals surface area contributed by atoms with Crippen molar-refractivity contribution in [2.45, 2.75) is 38.8 Å². The number of aromatic nitrogens is 1. The zero-order valence-corrected chi connectivity index (χ0v) is 19.7. The van der Waals surface area contributed by atoms with Crippen LogP contribution in [0.5, 0.6) is 5.75 Å². The lowest BCUT2D eigenvalue weighted by atomic mass is 9.91. The van der Waals surface area contributed by atoms with Gasteiger partial charge in [-0.15, -0.1) is 0 Å². The number of nitriles is 1. The minimum atomic E-state index is -0.830. The molecule has 1 amide bonds. The Balaban J connectivity index is 1.50. The van der Waals surface area contributed by atoms with E-state index in [0.29, 0.717) is 37.7 Å². The lowest BCUT2D eigenvalue weighted by molar-refractivity contribution is 0.123. The Kier molecular flexibility index (Phi) is 7.33. The fraction of sp³-hybridized carbons (Fsp3) is 0.423. The predicted octanol–water partition coefficient (Wildman–Crippen LogP) is 4.66. The molecule has 4 rings (SSSR count). The number of amides is 1. The number of piperidine rings is 1. The van der Waals surface area contributed by atoms with Crippen molar-refractivity contribution in [2.75, 3.05) is 27.2 Å². The summed E-state index contributed by atoms with van der Waals surface area (Å²) in [7, 11) is 3.99. The Hall–Kier alpha value is -3.57. The molecule has 178 valence electrons. The minimum absolute atomic E-state index is 0.297. The van der Waals surface area contributed by atoms with E-state index in [2.05, 4.69) is 16.1 Å². The van der Waals surface area contributed by atoms with Crippen LogP contribution in [0.25, 0.3) is 11.0 Å². The summed E-state index contributed by atoms with van der Waals surface area (Å²) in [5.74, 6) is 1.21. The van der Waals surface area contributed by atoms with Gasteiger partial charge >= 0.3 is 6.09 Å². The second-order valence-corrected chi connectivity index (χ2v) is 9.10. The van der Waals surface area contributed by atoms with E-state index >= 15 is 0 Å². The van der Waals surface area contributed by atoms with Crippen molar-refractivity contribution in [2.24, 2.45) is 5.92 Å². The van der Waals surface area contributed by atoms with Crippen molar-refractivity contribution in [3.63, 3.8) is 0 Å². The van der Waals surface area contributed by atoms with Crippen molar-refractivity contribution < 1.29 is 19.2 Å². The number of likely N-dealkylation sites (tertiary alicyclic amines) is 1. The molecule has 1 aliphatic heterocycles. The van der Waals surface area contributed by atoms with Gasteiger partial charge in [-0.3, -0.25) is 0 Å². The Morgan fingerprint density at radius 2 is 2.03 bits per heavy atom. The van der Waals surface area contributed by atoms with Gasteiger partial charge in [0.2, 0.25) is 0 Å². The first-order chi connectivity index (χ1) is 16.5. The molecular weight excluding hydrogens is 432 g/mol. The van der Waals surface area contributed by atoms with E-state index in [1.807, 2.05) is 44.4 Å². The van der Waals surface area contributed by atoms with Crippen LogP contribution in [-0.4, -0.2) is 53.3 Å². The molecule has 0 atom stereocenters. The highest BCUT2D eigenvalue weighted by Crippen LogP contribution is 2.33. The van der Waals surface area contributed by atoms with Gasteiger partial charge in [0.1, 0.15) is 12.4 Å². The number of fused-ring (bicyclic) bond motifs is 1. The number of carboxylic acid groups (broad SMARTS) is 1. The Morgan fingerprint density at radius 1 is 1.26 bits per heavy atom. The first kappa shape index (κ1) is 23.6. The highest BCUT2D eigenvalue weighted by Gasteiger charge is 2.23. The molecule has 2 aromatic carbocycles. The van der Waals surface area contributed by atoms with Gasteiger partial charge in [-0.25, -0.2) is 4.79 Å². The van der Waals surface area contributed by atoms with E-state index in [9.17, 15) is 10.1 Å². The van der Waals surface area contributed by atoms with E-state index in [4.69, 9.17) is 14.4 Å². The summed E-state index contributed by atoms with van der Waals surface area (Å²) in [5, 5.41) is 23.9. The van der Waals surface area contributed by atoms with Crippen LogP contribution in [-0.2, 0) is 19.6 Å². The minimum Gasteiger partial charge on any atom is -0.488 e. The van der Waals surface area contributed by atoms with Crippen molar-refractivity contribution >= 4 is 17.1 Å². The smallest absolute Gasteiger partial charge is 0.407 e. The number of nitrogens with zero attached hydrogens (tertiary/aromatic N) is 4. The molecule has 1 aromatic heterocycles. The monoisotopic (exact) mass is 462 g/mol. The number of ether oxygens (including phenoxy) is 1. The van der Waals surface area contributed by atoms with Gasteiger partial charge < -0.3 is 24.2 Å². The van der Waals surface area contributed by atoms with Gasteiger partial charge in [0.25, 0.3) is 0 Å². The summed E-state index contributed by atoms with van der Waals surface area (Å²) >= 11 is 0. The first-order valence-corrected chi connectivity index (χ1v) is 11.6. The molecule has 2 heterocycles. The van der Waals surface area contributed by atoms with Crippen LogP contribution in [0, 0.1) is 17.2 Å². The quantitative estimate of drug-likeness (QED) is 0.519. The van der Waals surface area contributed by atoms with Gasteiger partial charge in [0, 0.05) is 30.6 Å². The number of carbonyl (C=O) groups is 1. The summed E-state index contributed by atoms with van der Waals surface area (Å²) in [6.07, 6.45) is 2.69. The molecule has 8 heteroatoms. The van der Waals surface area contributed by atoms with Crippen LogP contribution < -0.4 is 4.74 Å². The molecule has 1 fully saturated rings. The highest BCUT2D eigenvalue weighted by atomic mass is 16.5. The Morgan fingerprint density at radius 3 is 2.74 bits per heavy atom. The summed E-state index contributed by atoms with van der Waals surface area (Å²) in [6, 6.07) is 13.6. The van der Waals surface area contributed by atoms with E-state index in [-0.39, 0.29) is 0 Å². The average molecular weight is 463 g/mol. The third kappa shape index (κ3) is 5.32. The Bertz CT molecular complexity index is 1190. The molecule has 0 spiro atoms. The molecule has 1 N–H and O–H groups in total. The summed E-state index contributed by atoms with van der Waals surface area (Å²) in [5.41, 5.74) is 4.04. The van der Waals surface area contributed by atoms with Crippen LogP contribution in [0.15, 0.2) is 40.9 Å². The third-order valence-corrected chi connectivity index (χ3v) is 6.45. The Labute approximate surface area is 199 Å². The number of hydrogen-bond acceptors (Lipinski definition) is 6. The zero-order valence-electron chi connectivity index (χ0n) is 19.7. The van der Waals surface area contributed by atoms with Crippen LogP contribution in [0.2, 0.25) is 0 Å². The standard InChI is InChI=1S/C26H30N4O4/c1-29(2)16-22-24(33-17-20-6-4-3-5-19(20)15-27)10-8-21-23(28-34-25(21)22)9-7-18-11-13-30(14-12-18)26(31)32/h3-6,8,10,18H,7,9,11-14,16-17H2,1-2H3,(H,31,32). The number of hydrogen-bond donors (Lipinski definition) is 1. The van der Waals surface area contributed by atoms with E-state index < -0.39 is 6.09 Å². The second-order valence-electron chi connectivity index (χ2n) is 9.10. The van der Waals surface area contributed by atoms with Crippen molar-refractivity contribution in [1.82, 2.24) is 15.0 Å². The molecule has 1 aliphatic rings. The van der Waals surface area contributed by atoms with Gasteiger partial charge in [-0.1, -0.05) is 23.4 Å². The fourth-order valence-electron chi connectivity index (χ4n) is 4.54. The molecule has 0 bridgehead atoms. The summed E-state index contributed by atoms with van der Waals surface area (Å²) < 4.78 is 12.0. The SMILES string of the molecule is CN(C)Cc1c(OCc2ccccc2C#N)ccc2c(CCC3CCN(C(=O)O)CC3)noc12. The van der Waals surface area contributed by atoms with E-state index in [0.717, 1.165) is 59.2 Å². The summed E-state index contributed by atoms with van der Waals surface area (Å²) in [6.45, 7) is 2.13. The van der Waals surface area contributed by atoms with Crippen molar-refractivity contribution in [1.29, 1.82) is 5.26 Å². The lowest BCUT2D eigenvalue weighted by Crippen LogP contribution is -2.37. The van der Waals surface area contributed by atoms with Gasteiger partial charge in [-0.05, 0) is 63.9 Å².